The molecule has 2 heterocycles. The monoisotopic (exact) mass is 453 g/mol. The van der Waals surface area contributed by atoms with Crippen molar-refractivity contribution >= 4 is 28.5 Å². The molecule has 4 aromatic rings. The minimum Gasteiger partial charge on any atom is -0.451 e. The van der Waals surface area contributed by atoms with Crippen molar-refractivity contribution in [2.24, 2.45) is 0 Å². The summed E-state index contributed by atoms with van der Waals surface area (Å²) < 4.78 is 5.62. The molecular formula is C28H27N3O3. The number of carbonyl (C=O) groups excluding carboxylic acids is 2. The Morgan fingerprint density at radius 2 is 1.50 bits per heavy atom. The number of para-hydroxylation sites is 1. The van der Waals surface area contributed by atoms with Crippen molar-refractivity contribution in [3.05, 3.63) is 102 Å². The Labute approximate surface area is 198 Å². The van der Waals surface area contributed by atoms with E-state index in [9.17, 15) is 9.59 Å². The fourth-order valence-corrected chi connectivity index (χ4v) is 4.28. The highest BCUT2D eigenvalue weighted by atomic mass is 16.3. The molecule has 0 bridgehead atoms. The van der Waals surface area contributed by atoms with Gasteiger partial charge in [0.15, 0.2) is 5.76 Å². The van der Waals surface area contributed by atoms with Gasteiger partial charge in [0.25, 0.3) is 5.91 Å². The summed E-state index contributed by atoms with van der Waals surface area (Å²) in [5.74, 6) is 0.110. The Morgan fingerprint density at radius 1 is 0.794 bits per heavy atom. The van der Waals surface area contributed by atoms with Gasteiger partial charge in [-0.25, -0.2) is 0 Å². The van der Waals surface area contributed by atoms with E-state index in [4.69, 9.17) is 4.42 Å². The zero-order valence-corrected chi connectivity index (χ0v) is 18.9. The molecule has 1 aromatic heterocycles. The second-order valence-electron chi connectivity index (χ2n) is 8.62. The summed E-state index contributed by atoms with van der Waals surface area (Å²) in [6.07, 6.45) is 0.358. The SMILES string of the molecule is O=C(Nc1ccc(CC(=O)N2CCN(Cc3ccccc3)CC2)cc1)c1cc2ccccc2o1. The Kier molecular flexibility index (Phi) is 6.40. The number of furan rings is 1. The van der Waals surface area contributed by atoms with Gasteiger partial charge in [-0.2, -0.15) is 0 Å². The first-order valence-electron chi connectivity index (χ1n) is 11.6. The van der Waals surface area contributed by atoms with Gasteiger partial charge in [-0.05, 0) is 35.4 Å². The van der Waals surface area contributed by atoms with Gasteiger partial charge in [-0.15, -0.1) is 0 Å². The van der Waals surface area contributed by atoms with E-state index in [-0.39, 0.29) is 17.6 Å². The average molecular weight is 454 g/mol. The molecule has 34 heavy (non-hydrogen) atoms. The molecule has 2 amide bonds. The van der Waals surface area contributed by atoms with Crippen LogP contribution < -0.4 is 5.32 Å². The van der Waals surface area contributed by atoms with Gasteiger partial charge in [0.1, 0.15) is 5.58 Å². The number of fused-ring (bicyclic) bond motifs is 1. The van der Waals surface area contributed by atoms with E-state index in [2.05, 4.69) is 34.5 Å². The second kappa shape index (κ2) is 9.93. The van der Waals surface area contributed by atoms with Gasteiger partial charge in [0, 0.05) is 43.8 Å². The van der Waals surface area contributed by atoms with E-state index in [1.807, 2.05) is 59.5 Å². The van der Waals surface area contributed by atoms with Crippen molar-refractivity contribution in [3.8, 4) is 0 Å². The summed E-state index contributed by atoms with van der Waals surface area (Å²) in [6.45, 7) is 4.18. The summed E-state index contributed by atoms with van der Waals surface area (Å²) in [6, 6.07) is 27.1. The first-order chi connectivity index (χ1) is 16.6. The third-order valence-corrected chi connectivity index (χ3v) is 6.19. The van der Waals surface area contributed by atoms with Crippen molar-refractivity contribution in [1.29, 1.82) is 0 Å². The minimum atomic E-state index is -0.298. The molecule has 5 rings (SSSR count). The zero-order chi connectivity index (χ0) is 23.3. The van der Waals surface area contributed by atoms with E-state index in [0.29, 0.717) is 17.7 Å². The van der Waals surface area contributed by atoms with Crippen LogP contribution in [0.15, 0.2) is 89.3 Å². The first kappa shape index (κ1) is 21.9. The van der Waals surface area contributed by atoms with Gasteiger partial charge >= 0.3 is 0 Å². The van der Waals surface area contributed by atoms with Crippen LogP contribution in [-0.2, 0) is 17.8 Å². The highest BCUT2D eigenvalue weighted by molar-refractivity contribution is 6.04. The normalized spacial score (nSPS) is 14.3. The van der Waals surface area contributed by atoms with Crippen LogP contribution in [0.4, 0.5) is 5.69 Å². The molecule has 1 N–H and O–H groups in total. The lowest BCUT2D eigenvalue weighted by atomic mass is 10.1. The second-order valence-corrected chi connectivity index (χ2v) is 8.62. The average Bonchev–Trinajstić information content (AvgIpc) is 3.31. The summed E-state index contributed by atoms with van der Waals surface area (Å²) in [4.78, 5) is 29.6. The van der Waals surface area contributed by atoms with E-state index in [1.165, 1.54) is 5.56 Å². The minimum absolute atomic E-state index is 0.137. The van der Waals surface area contributed by atoms with E-state index in [1.54, 1.807) is 6.07 Å². The quantitative estimate of drug-likeness (QED) is 0.464. The zero-order valence-electron chi connectivity index (χ0n) is 18.9. The first-order valence-corrected chi connectivity index (χ1v) is 11.6. The highest BCUT2D eigenvalue weighted by Crippen LogP contribution is 2.20. The van der Waals surface area contributed by atoms with Crippen molar-refractivity contribution in [2.45, 2.75) is 13.0 Å². The van der Waals surface area contributed by atoms with Gasteiger partial charge in [-0.1, -0.05) is 60.7 Å². The van der Waals surface area contributed by atoms with Crippen LogP contribution in [0.3, 0.4) is 0 Å². The van der Waals surface area contributed by atoms with Gasteiger partial charge < -0.3 is 14.6 Å². The standard InChI is InChI=1S/C28H27N3O3/c32-27(31-16-14-30(15-17-31)20-22-6-2-1-3-7-22)18-21-10-12-24(13-11-21)29-28(33)26-19-23-8-4-5-9-25(23)34-26/h1-13,19H,14-18,20H2,(H,29,33). The van der Waals surface area contributed by atoms with E-state index in [0.717, 1.165) is 43.7 Å². The summed E-state index contributed by atoms with van der Waals surface area (Å²) >= 11 is 0. The van der Waals surface area contributed by atoms with Gasteiger partial charge in [0.05, 0.1) is 6.42 Å². The number of hydrogen-bond donors (Lipinski definition) is 1. The van der Waals surface area contributed by atoms with Crippen LogP contribution in [0.5, 0.6) is 0 Å². The lowest BCUT2D eigenvalue weighted by Gasteiger charge is -2.34. The summed E-state index contributed by atoms with van der Waals surface area (Å²) in [5.41, 5.74) is 3.58. The number of carbonyl (C=O) groups is 2. The molecule has 0 aliphatic carbocycles. The predicted octanol–water partition coefficient (Wildman–Crippen LogP) is 4.57. The lowest BCUT2D eigenvalue weighted by molar-refractivity contribution is -0.132. The van der Waals surface area contributed by atoms with Gasteiger partial charge in [0.2, 0.25) is 5.91 Å². The number of rotatable bonds is 6. The molecule has 6 nitrogen and oxygen atoms in total. The molecular weight excluding hydrogens is 426 g/mol. The van der Waals surface area contributed by atoms with Crippen molar-refractivity contribution in [3.63, 3.8) is 0 Å². The van der Waals surface area contributed by atoms with Crippen LogP contribution in [0.25, 0.3) is 11.0 Å². The van der Waals surface area contributed by atoms with Crippen LogP contribution in [0.1, 0.15) is 21.7 Å². The number of benzene rings is 3. The van der Waals surface area contributed by atoms with Crippen LogP contribution in [-0.4, -0.2) is 47.8 Å². The Bertz CT molecular complexity index is 1240. The molecule has 0 radical (unpaired) electrons. The molecule has 0 saturated carbocycles. The van der Waals surface area contributed by atoms with Crippen LogP contribution >= 0.6 is 0 Å². The maximum absolute atomic E-state index is 12.8. The molecule has 0 spiro atoms. The molecule has 1 saturated heterocycles. The molecule has 6 heteroatoms. The van der Waals surface area contributed by atoms with Crippen molar-refractivity contribution < 1.29 is 14.0 Å². The molecule has 3 aromatic carbocycles. The summed E-state index contributed by atoms with van der Waals surface area (Å²) in [5, 5.41) is 3.75. The maximum atomic E-state index is 12.8. The Morgan fingerprint density at radius 3 is 2.24 bits per heavy atom. The molecule has 1 fully saturated rings. The van der Waals surface area contributed by atoms with Crippen molar-refractivity contribution in [2.75, 3.05) is 31.5 Å². The Hall–Kier alpha value is -3.90. The van der Waals surface area contributed by atoms with Crippen LogP contribution in [0.2, 0.25) is 0 Å². The number of nitrogens with zero attached hydrogens (tertiary/aromatic N) is 2. The number of nitrogens with one attached hydrogen (secondary N) is 1. The number of anilines is 1. The third kappa shape index (κ3) is 5.18. The largest absolute Gasteiger partial charge is 0.451 e. The predicted molar refractivity (Wildman–Crippen MR) is 133 cm³/mol. The molecule has 0 atom stereocenters. The van der Waals surface area contributed by atoms with E-state index < -0.39 is 0 Å². The third-order valence-electron chi connectivity index (χ3n) is 6.19. The fourth-order valence-electron chi connectivity index (χ4n) is 4.28. The van der Waals surface area contributed by atoms with Gasteiger partial charge in [-0.3, -0.25) is 14.5 Å². The van der Waals surface area contributed by atoms with Crippen LogP contribution in [0, 0.1) is 0 Å². The molecule has 1 aliphatic rings. The molecule has 172 valence electrons. The number of hydrogen-bond acceptors (Lipinski definition) is 4. The number of amides is 2. The van der Waals surface area contributed by atoms with E-state index >= 15 is 0 Å². The number of piperazine rings is 1. The molecule has 1 aliphatic heterocycles. The maximum Gasteiger partial charge on any atom is 0.291 e. The van der Waals surface area contributed by atoms with Crippen molar-refractivity contribution in [1.82, 2.24) is 9.80 Å². The highest BCUT2D eigenvalue weighted by Gasteiger charge is 2.21. The fraction of sp³-hybridized carbons (Fsp3) is 0.214. The smallest absolute Gasteiger partial charge is 0.291 e. The lowest BCUT2D eigenvalue weighted by Crippen LogP contribution is -2.48. The topological polar surface area (TPSA) is 65.8 Å². The summed E-state index contributed by atoms with van der Waals surface area (Å²) in [7, 11) is 0. The Balaban J connectivity index is 1.11. The molecule has 0 unspecified atom stereocenters.